The van der Waals surface area contributed by atoms with E-state index in [2.05, 4.69) is 27.2 Å². The Balaban J connectivity index is 1.34. The number of hydrogen-bond donors (Lipinski definition) is 2. The zero-order valence-corrected chi connectivity index (χ0v) is 21.6. The fourth-order valence-corrected chi connectivity index (χ4v) is 5.22. The van der Waals surface area contributed by atoms with Crippen LogP contribution in [0.1, 0.15) is 46.4 Å². The normalized spacial score (nSPS) is 21.1. The number of benzene rings is 2. The first-order valence-corrected chi connectivity index (χ1v) is 13.3. The summed E-state index contributed by atoms with van der Waals surface area (Å²) in [5.41, 5.74) is 3.87. The number of pyridine rings is 1. The molecule has 9 heteroatoms. The van der Waals surface area contributed by atoms with E-state index in [-0.39, 0.29) is 30.6 Å². The summed E-state index contributed by atoms with van der Waals surface area (Å²) in [6, 6.07) is 20.5. The van der Waals surface area contributed by atoms with Gasteiger partial charge in [0.15, 0.2) is 11.4 Å². The lowest BCUT2D eigenvalue weighted by atomic mass is 9.91. The van der Waals surface area contributed by atoms with Crippen molar-refractivity contribution in [2.24, 2.45) is 5.92 Å². The smallest absolute Gasteiger partial charge is 0.257 e. The second-order valence-corrected chi connectivity index (χ2v) is 9.97. The molecule has 1 amide bonds. The number of hydrogen-bond acceptors (Lipinski definition) is 8. The minimum atomic E-state index is -0.598. The first kappa shape index (κ1) is 26.0. The number of carbonyl (C=O) groups is 1. The molecule has 5 rings (SSSR count). The largest absolute Gasteiger partial charge is 0.392 e. The maximum absolute atomic E-state index is 12.5. The van der Waals surface area contributed by atoms with Gasteiger partial charge in [0, 0.05) is 47.7 Å². The Kier molecular flexibility index (Phi) is 8.40. The number of aromatic nitrogens is 3. The van der Waals surface area contributed by atoms with Crippen molar-refractivity contribution in [3.8, 4) is 0 Å². The summed E-state index contributed by atoms with van der Waals surface area (Å²) in [6.07, 6.45) is 5.67. The standard InChI is InChI=1S/C29H28N4O4S/c1-19-25(18-38-29-31-14-3-15-32-29)36-28(37-26(19)21-7-5-20(17-34)6-8-21)22-9-11-24(12-10-22)33-27(35)23-4-2-13-30-16-23/h2-16,19,25-26,28,34H,17-18H2,1H3,(H,33,35). The molecular formula is C29H28N4O4S. The molecule has 2 aromatic carbocycles. The predicted molar refractivity (Wildman–Crippen MR) is 144 cm³/mol. The third-order valence-electron chi connectivity index (χ3n) is 6.41. The average molecular weight is 529 g/mol. The lowest BCUT2D eigenvalue weighted by Gasteiger charge is -2.41. The van der Waals surface area contributed by atoms with Crippen LogP contribution in [-0.2, 0) is 16.1 Å². The molecule has 2 N–H and O–H groups in total. The van der Waals surface area contributed by atoms with Crippen LogP contribution in [0.5, 0.6) is 0 Å². The molecule has 4 unspecified atom stereocenters. The minimum Gasteiger partial charge on any atom is -0.392 e. The van der Waals surface area contributed by atoms with E-state index in [0.29, 0.717) is 22.2 Å². The molecule has 4 atom stereocenters. The van der Waals surface area contributed by atoms with Crippen LogP contribution in [0.25, 0.3) is 0 Å². The number of amides is 1. The first-order valence-electron chi connectivity index (χ1n) is 12.3. The maximum Gasteiger partial charge on any atom is 0.257 e. The SMILES string of the molecule is CC1C(CSc2ncccn2)OC(c2ccc(NC(=O)c3cccnc3)cc2)OC1c1ccc(CO)cc1. The molecular weight excluding hydrogens is 500 g/mol. The van der Waals surface area contributed by atoms with Crippen molar-refractivity contribution in [1.82, 2.24) is 15.0 Å². The van der Waals surface area contributed by atoms with Crippen molar-refractivity contribution in [2.75, 3.05) is 11.1 Å². The highest BCUT2D eigenvalue weighted by Gasteiger charge is 2.38. The second-order valence-electron chi connectivity index (χ2n) is 8.98. The molecule has 0 bridgehead atoms. The molecule has 8 nitrogen and oxygen atoms in total. The molecule has 38 heavy (non-hydrogen) atoms. The Hall–Kier alpha value is -3.63. The van der Waals surface area contributed by atoms with Gasteiger partial charge in [-0.05, 0) is 41.5 Å². The molecule has 3 heterocycles. The van der Waals surface area contributed by atoms with Crippen molar-refractivity contribution >= 4 is 23.4 Å². The van der Waals surface area contributed by atoms with Gasteiger partial charge in [-0.1, -0.05) is 55.1 Å². The summed E-state index contributed by atoms with van der Waals surface area (Å²) in [6.45, 7) is 2.11. The Morgan fingerprint density at radius 2 is 1.68 bits per heavy atom. The Morgan fingerprint density at radius 3 is 2.37 bits per heavy atom. The van der Waals surface area contributed by atoms with E-state index in [9.17, 15) is 9.90 Å². The third-order valence-corrected chi connectivity index (χ3v) is 7.37. The molecule has 0 aliphatic carbocycles. The van der Waals surface area contributed by atoms with Crippen LogP contribution in [0.3, 0.4) is 0 Å². The molecule has 0 spiro atoms. The quantitative estimate of drug-likeness (QED) is 0.237. The Labute approximate surface area is 225 Å². The molecule has 0 saturated carbocycles. The number of nitrogens with zero attached hydrogens (tertiary/aromatic N) is 3. The zero-order chi connectivity index (χ0) is 26.3. The zero-order valence-electron chi connectivity index (χ0n) is 20.8. The van der Waals surface area contributed by atoms with Crippen molar-refractivity contribution in [1.29, 1.82) is 0 Å². The monoisotopic (exact) mass is 528 g/mol. The summed E-state index contributed by atoms with van der Waals surface area (Å²) in [7, 11) is 0. The van der Waals surface area contributed by atoms with E-state index in [4.69, 9.17) is 9.47 Å². The average Bonchev–Trinajstić information content (AvgIpc) is 2.98. The van der Waals surface area contributed by atoms with Crippen LogP contribution < -0.4 is 5.32 Å². The number of ether oxygens (including phenoxy) is 2. The molecule has 1 fully saturated rings. The fraction of sp³-hybridized carbons (Fsp3) is 0.241. The topological polar surface area (TPSA) is 106 Å². The van der Waals surface area contributed by atoms with Crippen molar-refractivity contribution < 1.29 is 19.4 Å². The number of rotatable bonds is 8. The van der Waals surface area contributed by atoms with Crippen LogP contribution in [-0.4, -0.2) is 37.8 Å². The number of nitrogens with one attached hydrogen (secondary N) is 1. The van der Waals surface area contributed by atoms with E-state index in [0.717, 1.165) is 16.7 Å². The van der Waals surface area contributed by atoms with Crippen LogP contribution >= 0.6 is 11.8 Å². The van der Waals surface area contributed by atoms with Gasteiger partial charge in [-0.15, -0.1) is 0 Å². The maximum atomic E-state index is 12.5. The van der Waals surface area contributed by atoms with Crippen molar-refractivity contribution in [2.45, 2.75) is 37.2 Å². The number of anilines is 1. The number of carbonyl (C=O) groups excluding carboxylic acids is 1. The van der Waals surface area contributed by atoms with Gasteiger partial charge in [0.25, 0.3) is 5.91 Å². The lowest BCUT2D eigenvalue weighted by Crippen LogP contribution is -2.38. The molecule has 0 radical (unpaired) electrons. The molecule has 194 valence electrons. The van der Waals surface area contributed by atoms with Crippen molar-refractivity contribution in [3.05, 3.63) is 114 Å². The molecule has 1 aliphatic heterocycles. The van der Waals surface area contributed by atoms with E-state index >= 15 is 0 Å². The minimum absolute atomic E-state index is 0.00684. The number of thioether (sulfide) groups is 1. The van der Waals surface area contributed by atoms with E-state index < -0.39 is 6.29 Å². The van der Waals surface area contributed by atoms with Crippen LogP contribution in [0.2, 0.25) is 0 Å². The Morgan fingerprint density at radius 1 is 0.947 bits per heavy atom. The van der Waals surface area contributed by atoms with Crippen LogP contribution in [0.4, 0.5) is 5.69 Å². The molecule has 2 aromatic heterocycles. The van der Waals surface area contributed by atoms with E-state index in [1.54, 1.807) is 48.6 Å². The highest BCUT2D eigenvalue weighted by atomic mass is 32.2. The summed E-state index contributed by atoms with van der Waals surface area (Å²) < 4.78 is 13.0. The van der Waals surface area contributed by atoms with E-state index in [1.165, 1.54) is 6.20 Å². The third kappa shape index (κ3) is 6.25. The summed E-state index contributed by atoms with van der Waals surface area (Å²) in [5.74, 6) is 0.493. The van der Waals surface area contributed by atoms with Crippen LogP contribution in [0, 0.1) is 5.92 Å². The highest BCUT2D eigenvalue weighted by Crippen LogP contribution is 2.42. The summed E-state index contributed by atoms with van der Waals surface area (Å²) in [4.78, 5) is 25.1. The van der Waals surface area contributed by atoms with Gasteiger partial charge in [0.05, 0.1) is 24.4 Å². The van der Waals surface area contributed by atoms with Gasteiger partial charge in [0.1, 0.15) is 0 Å². The van der Waals surface area contributed by atoms with Gasteiger partial charge in [-0.25, -0.2) is 9.97 Å². The highest BCUT2D eigenvalue weighted by molar-refractivity contribution is 7.99. The number of aliphatic hydroxyl groups is 1. The van der Waals surface area contributed by atoms with Gasteiger partial charge in [-0.2, -0.15) is 0 Å². The summed E-state index contributed by atoms with van der Waals surface area (Å²) >= 11 is 1.55. The first-order chi connectivity index (χ1) is 18.6. The van der Waals surface area contributed by atoms with Crippen molar-refractivity contribution in [3.63, 3.8) is 0 Å². The van der Waals surface area contributed by atoms with Gasteiger partial charge < -0.3 is 19.9 Å². The Bertz CT molecular complexity index is 1320. The van der Waals surface area contributed by atoms with Crippen LogP contribution in [0.15, 0.2) is 96.7 Å². The molecule has 4 aromatic rings. The van der Waals surface area contributed by atoms with E-state index in [1.807, 2.05) is 48.5 Å². The second kappa shape index (κ2) is 12.3. The van der Waals surface area contributed by atoms with Gasteiger partial charge in [-0.3, -0.25) is 9.78 Å². The van der Waals surface area contributed by atoms with Gasteiger partial charge in [0.2, 0.25) is 0 Å². The molecule has 1 aliphatic rings. The predicted octanol–water partition coefficient (Wildman–Crippen LogP) is 5.20. The number of aliphatic hydroxyl groups excluding tert-OH is 1. The summed E-state index contributed by atoms with van der Waals surface area (Å²) in [5, 5.41) is 13.0. The van der Waals surface area contributed by atoms with Gasteiger partial charge >= 0.3 is 0 Å². The lowest BCUT2D eigenvalue weighted by molar-refractivity contribution is -0.268. The molecule has 1 saturated heterocycles. The fourth-order valence-electron chi connectivity index (χ4n) is 4.25.